The molecule has 1 rings (SSSR count). The third kappa shape index (κ3) is 1.07. The zero-order valence-corrected chi connectivity index (χ0v) is 5.53. The predicted molar refractivity (Wildman–Crippen MR) is 38.2 cm³/mol. The molecule has 0 atom stereocenters. The van der Waals surface area contributed by atoms with E-state index in [0.29, 0.717) is 5.82 Å². The number of nitrogens with one attached hydrogen (secondary N) is 1. The second kappa shape index (κ2) is 2.38. The second-order valence-electron chi connectivity index (χ2n) is 1.75. The quantitative estimate of drug-likeness (QED) is 0.491. The van der Waals surface area contributed by atoms with Crippen molar-refractivity contribution in [1.29, 1.82) is 0 Å². The average Bonchev–Trinajstić information content (AvgIpc) is 1.95. The van der Waals surface area contributed by atoms with E-state index in [1.807, 2.05) is 0 Å². The Labute approximate surface area is 57.5 Å². The van der Waals surface area contributed by atoms with E-state index in [4.69, 9.17) is 5.84 Å². The summed E-state index contributed by atoms with van der Waals surface area (Å²) in [7, 11) is 1.68. The van der Waals surface area contributed by atoms with Gasteiger partial charge in [-0.15, -0.1) is 0 Å². The molecule has 0 aromatic carbocycles. The first-order valence-corrected chi connectivity index (χ1v) is 2.76. The van der Waals surface area contributed by atoms with E-state index in [-0.39, 0.29) is 0 Å². The lowest BCUT2D eigenvalue weighted by molar-refractivity contribution is 0.873. The lowest BCUT2D eigenvalue weighted by Crippen LogP contribution is -2.28. The monoisotopic (exact) mass is 140 g/mol. The highest BCUT2D eigenvalue weighted by Gasteiger charge is 1.91. The Kier molecular flexibility index (Phi) is 1.57. The number of nitrogen functional groups attached to an aromatic ring is 1. The van der Waals surface area contributed by atoms with Gasteiger partial charge in [-0.1, -0.05) is 0 Å². The molecule has 0 saturated carbocycles. The summed E-state index contributed by atoms with van der Waals surface area (Å²) in [6, 6.07) is 1.61. The van der Waals surface area contributed by atoms with Crippen molar-refractivity contribution in [3.8, 4) is 0 Å². The van der Waals surface area contributed by atoms with Gasteiger partial charge in [-0.05, 0) is 6.07 Å². The van der Waals surface area contributed by atoms with Gasteiger partial charge in [0.05, 0.1) is 0 Å². The van der Waals surface area contributed by atoms with Crippen LogP contribution in [0.5, 0.6) is 0 Å². The van der Waals surface area contributed by atoms with E-state index in [9.17, 15) is 4.79 Å². The summed E-state index contributed by atoms with van der Waals surface area (Å²) in [6.07, 6.45) is 1.45. The van der Waals surface area contributed by atoms with Crippen LogP contribution in [0.4, 0.5) is 5.82 Å². The van der Waals surface area contributed by atoms with Crippen LogP contribution in [0.1, 0.15) is 0 Å². The number of rotatable bonds is 1. The Balaban J connectivity index is 3.17. The molecule has 1 heterocycles. The fraction of sp³-hybridized carbons (Fsp3) is 0.200. The summed E-state index contributed by atoms with van der Waals surface area (Å²) >= 11 is 0. The molecule has 0 aliphatic carbocycles. The van der Waals surface area contributed by atoms with E-state index < -0.39 is 5.69 Å². The van der Waals surface area contributed by atoms with Gasteiger partial charge in [0, 0.05) is 13.2 Å². The SMILES string of the molecule is CNc1ccn(N)c(=O)n1. The van der Waals surface area contributed by atoms with Crippen LogP contribution >= 0.6 is 0 Å². The van der Waals surface area contributed by atoms with Crippen molar-refractivity contribution in [3.63, 3.8) is 0 Å². The number of hydrogen-bond acceptors (Lipinski definition) is 4. The largest absolute Gasteiger partial charge is 0.373 e. The molecule has 0 aliphatic rings. The second-order valence-corrected chi connectivity index (χ2v) is 1.75. The normalized spacial score (nSPS) is 9.30. The zero-order valence-electron chi connectivity index (χ0n) is 5.53. The molecule has 0 saturated heterocycles. The van der Waals surface area contributed by atoms with Crippen LogP contribution in [0.3, 0.4) is 0 Å². The molecule has 0 bridgehead atoms. The van der Waals surface area contributed by atoms with Crippen molar-refractivity contribution in [2.45, 2.75) is 0 Å². The molecule has 0 radical (unpaired) electrons. The Hall–Kier alpha value is -1.52. The van der Waals surface area contributed by atoms with Gasteiger partial charge in [-0.2, -0.15) is 4.98 Å². The van der Waals surface area contributed by atoms with Crippen molar-refractivity contribution in [2.75, 3.05) is 18.2 Å². The number of anilines is 1. The summed E-state index contributed by atoms with van der Waals surface area (Å²) in [6.45, 7) is 0. The maximum atomic E-state index is 10.7. The highest BCUT2D eigenvalue weighted by molar-refractivity contribution is 5.30. The summed E-state index contributed by atoms with van der Waals surface area (Å²) in [5, 5.41) is 2.72. The molecule has 0 spiro atoms. The molecule has 5 heteroatoms. The summed E-state index contributed by atoms with van der Waals surface area (Å²) < 4.78 is 0.918. The van der Waals surface area contributed by atoms with Crippen molar-refractivity contribution in [3.05, 3.63) is 22.7 Å². The summed E-state index contributed by atoms with van der Waals surface area (Å²) in [5.41, 5.74) is -0.466. The first-order chi connectivity index (χ1) is 4.74. The van der Waals surface area contributed by atoms with Crippen molar-refractivity contribution in [1.82, 2.24) is 9.66 Å². The first kappa shape index (κ1) is 6.60. The van der Waals surface area contributed by atoms with E-state index >= 15 is 0 Å². The maximum absolute atomic E-state index is 10.7. The fourth-order valence-electron chi connectivity index (χ4n) is 0.552. The molecule has 0 unspecified atom stereocenters. The molecule has 0 aliphatic heterocycles. The van der Waals surface area contributed by atoms with E-state index in [1.165, 1.54) is 6.20 Å². The van der Waals surface area contributed by atoms with Gasteiger partial charge in [-0.3, -0.25) is 0 Å². The zero-order chi connectivity index (χ0) is 7.56. The van der Waals surface area contributed by atoms with Crippen molar-refractivity contribution < 1.29 is 0 Å². The van der Waals surface area contributed by atoms with E-state index in [2.05, 4.69) is 10.3 Å². The Bertz CT molecular complexity index is 279. The third-order valence-electron chi connectivity index (χ3n) is 1.09. The lowest BCUT2D eigenvalue weighted by Gasteiger charge is -1.97. The number of nitrogens with two attached hydrogens (primary N) is 1. The molecular weight excluding hydrogens is 132 g/mol. The average molecular weight is 140 g/mol. The third-order valence-corrected chi connectivity index (χ3v) is 1.09. The van der Waals surface area contributed by atoms with Crippen LogP contribution in [0, 0.1) is 0 Å². The molecule has 54 valence electrons. The molecule has 5 nitrogen and oxygen atoms in total. The van der Waals surface area contributed by atoms with Gasteiger partial charge in [0.1, 0.15) is 5.82 Å². The molecule has 0 amide bonds. The van der Waals surface area contributed by atoms with Crippen LogP contribution in [0.15, 0.2) is 17.1 Å². The van der Waals surface area contributed by atoms with Gasteiger partial charge in [0.2, 0.25) is 0 Å². The Morgan fingerprint density at radius 1 is 1.80 bits per heavy atom. The summed E-state index contributed by atoms with van der Waals surface area (Å²) in [5.74, 6) is 5.68. The Morgan fingerprint density at radius 3 is 3.00 bits per heavy atom. The molecule has 1 aromatic heterocycles. The van der Waals surface area contributed by atoms with Crippen LogP contribution < -0.4 is 16.8 Å². The van der Waals surface area contributed by atoms with Gasteiger partial charge in [0.15, 0.2) is 0 Å². The van der Waals surface area contributed by atoms with Crippen LogP contribution in [-0.2, 0) is 0 Å². The van der Waals surface area contributed by atoms with E-state index in [0.717, 1.165) is 4.68 Å². The molecule has 10 heavy (non-hydrogen) atoms. The molecule has 0 fully saturated rings. The lowest BCUT2D eigenvalue weighted by atomic mass is 10.6. The van der Waals surface area contributed by atoms with Gasteiger partial charge in [-0.25, -0.2) is 9.47 Å². The van der Waals surface area contributed by atoms with Crippen LogP contribution in [-0.4, -0.2) is 16.7 Å². The van der Waals surface area contributed by atoms with Gasteiger partial charge < -0.3 is 11.2 Å². The number of nitrogens with zero attached hydrogens (tertiary/aromatic N) is 2. The van der Waals surface area contributed by atoms with Crippen LogP contribution in [0.2, 0.25) is 0 Å². The fourth-order valence-corrected chi connectivity index (χ4v) is 0.552. The minimum absolute atomic E-state index is 0.466. The predicted octanol–water partition coefficient (Wildman–Crippen LogP) is -1.00. The molecule has 3 N–H and O–H groups in total. The van der Waals surface area contributed by atoms with E-state index in [1.54, 1.807) is 13.1 Å². The minimum atomic E-state index is -0.466. The van der Waals surface area contributed by atoms with Gasteiger partial charge in [0.25, 0.3) is 0 Å². The minimum Gasteiger partial charge on any atom is -0.373 e. The highest BCUT2D eigenvalue weighted by atomic mass is 16.1. The Morgan fingerprint density at radius 2 is 2.50 bits per heavy atom. The highest BCUT2D eigenvalue weighted by Crippen LogP contribution is 1.91. The molecular formula is C5H8N4O. The standard InChI is InChI=1S/C5H8N4O/c1-7-4-2-3-9(6)5(10)8-4/h2-3H,6H2,1H3,(H,7,8,10). The number of aromatic nitrogens is 2. The van der Waals surface area contributed by atoms with Crippen molar-refractivity contribution in [2.24, 2.45) is 0 Å². The maximum Gasteiger partial charge on any atom is 0.367 e. The number of hydrogen-bond donors (Lipinski definition) is 2. The smallest absolute Gasteiger partial charge is 0.367 e. The first-order valence-electron chi connectivity index (χ1n) is 2.76. The topological polar surface area (TPSA) is 72.9 Å². The van der Waals surface area contributed by atoms with Crippen molar-refractivity contribution >= 4 is 5.82 Å². The van der Waals surface area contributed by atoms with Crippen LogP contribution in [0.25, 0.3) is 0 Å². The molecule has 1 aromatic rings. The van der Waals surface area contributed by atoms with Gasteiger partial charge >= 0.3 is 5.69 Å². The summed E-state index contributed by atoms with van der Waals surface area (Å²) in [4.78, 5) is 14.2.